The number of carbonyl (C=O) groups excluding carboxylic acids is 1. The number of nitrogens with zero attached hydrogens (tertiary/aromatic N) is 4. The number of nitrogens with one attached hydrogen (secondary N) is 1. The molecule has 2 aromatic heterocycles. The average Bonchev–Trinajstić information content (AvgIpc) is 3.20. The fourth-order valence-corrected chi connectivity index (χ4v) is 2.75. The molecule has 0 fully saturated rings. The zero-order valence-electron chi connectivity index (χ0n) is 13.6. The molecule has 25 heavy (non-hydrogen) atoms. The molecule has 3 rings (SSSR count). The minimum absolute atomic E-state index is 0.193. The Bertz CT molecular complexity index is 970. The van der Waals surface area contributed by atoms with Crippen LogP contribution >= 0.6 is 11.6 Å². The summed E-state index contributed by atoms with van der Waals surface area (Å²) in [5.74, 6) is 0.161. The molecule has 1 N–H and O–H groups in total. The summed E-state index contributed by atoms with van der Waals surface area (Å²) in [5.41, 5.74) is 2.80. The van der Waals surface area contributed by atoms with Crippen LogP contribution in [0.3, 0.4) is 0 Å². The first-order chi connectivity index (χ1) is 12.0. The minimum atomic E-state index is -0.265. The van der Waals surface area contributed by atoms with E-state index in [4.69, 9.17) is 21.3 Å². The molecule has 3 aromatic rings. The van der Waals surface area contributed by atoms with Gasteiger partial charge in [-0.3, -0.25) is 4.79 Å². The van der Waals surface area contributed by atoms with Crippen LogP contribution in [0.2, 0.25) is 5.02 Å². The first-order valence-corrected chi connectivity index (χ1v) is 7.82. The lowest BCUT2D eigenvalue weighted by molar-refractivity contribution is 0.0946. The van der Waals surface area contributed by atoms with Crippen LogP contribution in [-0.4, -0.2) is 20.7 Å². The van der Waals surface area contributed by atoms with Crippen LogP contribution in [0.4, 0.5) is 0 Å². The van der Waals surface area contributed by atoms with Gasteiger partial charge in [0.2, 0.25) is 5.89 Å². The fraction of sp³-hybridized carbons (Fsp3) is 0.176. The number of carbonyl (C=O) groups is 1. The van der Waals surface area contributed by atoms with Crippen molar-refractivity contribution >= 4 is 17.5 Å². The Morgan fingerprint density at radius 2 is 2.24 bits per heavy atom. The summed E-state index contributed by atoms with van der Waals surface area (Å²) in [5, 5.41) is 16.5. The Morgan fingerprint density at radius 1 is 1.44 bits per heavy atom. The Kier molecular flexibility index (Phi) is 4.55. The largest absolute Gasteiger partial charge is 0.447 e. The Morgan fingerprint density at radius 3 is 2.88 bits per heavy atom. The number of aryl methyl sites for hydroxylation is 1. The van der Waals surface area contributed by atoms with Gasteiger partial charge in [0.1, 0.15) is 12.3 Å². The summed E-state index contributed by atoms with van der Waals surface area (Å²) in [7, 11) is 0. The molecule has 0 radical (unpaired) electrons. The first kappa shape index (κ1) is 16.7. The average molecular weight is 356 g/mol. The van der Waals surface area contributed by atoms with E-state index in [-0.39, 0.29) is 12.5 Å². The van der Waals surface area contributed by atoms with Crippen LogP contribution < -0.4 is 5.32 Å². The van der Waals surface area contributed by atoms with E-state index in [9.17, 15) is 4.79 Å². The van der Waals surface area contributed by atoms with Crippen LogP contribution in [0, 0.1) is 25.2 Å². The highest BCUT2D eigenvalue weighted by Crippen LogP contribution is 2.23. The van der Waals surface area contributed by atoms with E-state index in [1.165, 1.54) is 12.5 Å². The number of nitriles is 1. The first-order valence-electron chi connectivity index (χ1n) is 7.44. The second-order valence-electron chi connectivity index (χ2n) is 5.34. The number of hydrogen-bond acceptors (Lipinski definition) is 5. The number of rotatable bonds is 4. The summed E-state index contributed by atoms with van der Waals surface area (Å²) in [4.78, 5) is 16.5. The van der Waals surface area contributed by atoms with E-state index in [1.807, 2.05) is 6.07 Å². The van der Waals surface area contributed by atoms with Crippen molar-refractivity contribution in [2.45, 2.75) is 20.4 Å². The molecular formula is C17H14ClN5O2. The van der Waals surface area contributed by atoms with Crippen molar-refractivity contribution in [2.24, 2.45) is 0 Å². The maximum atomic E-state index is 12.5. The summed E-state index contributed by atoms with van der Waals surface area (Å²) < 4.78 is 6.73. The van der Waals surface area contributed by atoms with E-state index < -0.39 is 0 Å². The van der Waals surface area contributed by atoms with Gasteiger partial charge in [-0.25, -0.2) is 9.67 Å². The van der Waals surface area contributed by atoms with Gasteiger partial charge < -0.3 is 9.73 Å². The predicted octanol–water partition coefficient (Wildman–Crippen LogP) is 2.93. The quantitative estimate of drug-likeness (QED) is 0.776. The molecule has 0 aliphatic rings. The zero-order chi connectivity index (χ0) is 18.0. The third-order valence-electron chi connectivity index (χ3n) is 3.72. The van der Waals surface area contributed by atoms with Crippen LogP contribution in [0.15, 0.2) is 35.1 Å². The van der Waals surface area contributed by atoms with E-state index in [2.05, 4.69) is 15.4 Å². The highest BCUT2D eigenvalue weighted by molar-refractivity contribution is 6.31. The third kappa shape index (κ3) is 3.25. The SMILES string of the molecule is Cc1nn(-c2ccc(C#N)c(Cl)c2)c(C)c1C(=O)NCc1ncco1. The van der Waals surface area contributed by atoms with Crippen molar-refractivity contribution < 1.29 is 9.21 Å². The zero-order valence-corrected chi connectivity index (χ0v) is 14.3. The van der Waals surface area contributed by atoms with Crippen molar-refractivity contribution in [3.05, 3.63) is 64.1 Å². The van der Waals surface area contributed by atoms with Crippen molar-refractivity contribution in [2.75, 3.05) is 0 Å². The highest BCUT2D eigenvalue weighted by atomic mass is 35.5. The van der Waals surface area contributed by atoms with Crippen molar-refractivity contribution in [1.82, 2.24) is 20.1 Å². The number of amides is 1. The van der Waals surface area contributed by atoms with E-state index in [0.717, 1.165) is 0 Å². The summed E-state index contributed by atoms with van der Waals surface area (Å²) in [6, 6.07) is 7.02. The van der Waals surface area contributed by atoms with Gasteiger partial charge in [-0.2, -0.15) is 10.4 Å². The molecule has 2 heterocycles. The van der Waals surface area contributed by atoms with Gasteiger partial charge in [0.05, 0.1) is 46.0 Å². The van der Waals surface area contributed by atoms with Crippen molar-refractivity contribution in [3.63, 3.8) is 0 Å². The molecule has 1 amide bonds. The molecule has 0 saturated heterocycles. The lowest BCUT2D eigenvalue weighted by atomic mass is 10.1. The maximum absolute atomic E-state index is 12.5. The fourth-order valence-electron chi connectivity index (χ4n) is 2.53. The monoisotopic (exact) mass is 355 g/mol. The molecule has 0 spiro atoms. The molecule has 8 heteroatoms. The molecule has 126 valence electrons. The van der Waals surface area contributed by atoms with Gasteiger partial charge in [0.15, 0.2) is 0 Å². The van der Waals surface area contributed by atoms with Gasteiger partial charge in [0, 0.05) is 0 Å². The number of oxazole rings is 1. The Hall–Kier alpha value is -3.11. The van der Waals surface area contributed by atoms with Gasteiger partial charge in [-0.1, -0.05) is 11.6 Å². The Balaban J connectivity index is 1.89. The van der Waals surface area contributed by atoms with E-state index in [0.29, 0.717) is 39.1 Å². The van der Waals surface area contributed by atoms with Crippen molar-refractivity contribution in [1.29, 1.82) is 5.26 Å². The number of hydrogen-bond donors (Lipinski definition) is 1. The minimum Gasteiger partial charge on any atom is -0.447 e. The Labute approximate surface area is 148 Å². The molecule has 0 bridgehead atoms. The normalized spacial score (nSPS) is 10.5. The lowest BCUT2D eigenvalue weighted by Gasteiger charge is -2.07. The summed E-state index contributed by atoms with van der Waals surface area (Å²) in [6.07, 6.45) is 2.97. The molecule has 0 unspecified atom stereocenters. The standard InChI is InChI=1S/C17H14ClN5O2/c1-10-16(17(24)21-9-15-20-5-6-25-15)11(2)23(22-10)13-4-3-12(8-19)14(18)7-13/h3-7H,9H2,1-2H3,(H,21,24). The molecule has 0 atom stereocenters. The van der Waals surface area contributed by atoms with Gasteiger partial charge >= 0.3 is 0 Å². The lowest BCUT2D eigenvalue weighted by Crippen LogP contribution is -2.24. The summed E-state index contributed by atoms with van der Waals surface area (Å²) in [6.45, 7) is 3.75. The topological polar surface area (TPSA) is 96.7 Å². The highest BCUT2D eigenvalue weighted by Gasteiger charge is 2.20. The molecule has 0 aliphatic carbocycles. The van der Waals surface area contributed by atoms with E-state index >= 15 is 0 Å². The second kappa shape index (κ2) is 6.79. The predicted molar refractivity (Wildman–Crippen MR) is 90.4 cm³/mol. The number of benzene rings is 1. The molecule has 7 nitrogen and oxygen atoms in total. The van der Waals surface area contributed by atoms with Crippen LogP contribution in [0.5, 0.6) is 0 Å². The second-order valence-corrected chi connectivity index (χ2v) is 5.75. The van der Waals surface area contributed by atoms with Gasteiger partial charge in [0.25, 0.3) is 5.91 Å². The maximum Gasteiger partial charge on any atom is 0.255 e. The smallest absolute Gasteiger partial charge is 0.255 e. The third-order valence-corrected chi connectivity index (χ3v) is 4.03. The van der Waals surface area contributed by atoms with E-state index in [1.54, 1.807) is 36.7 Å². The van der Waals surface area contributed by atoms with Crippen LogP contribution in [-0.2, 0) is 6.54 Å². The number of aromatic nitrogens is 3. The van der Waals surface area contributed by atoms with Crippen LogP contribution in [0.1, 0.15) is 33.2 Å². The molecule has 0 aliphatic heterocycles. The molecular weight excluding hydrogens is 342 g/mol. The van der Waals surface area contributed by atoms with Crippen molar-refractivity contribution in [3.8, 4) is 11.8 Å². The van der Waals surface area contributed by atoms with Gasteiger partial charge in [-0.05, 0) is 32.0 Å². The van der Waals surface area contributed by atoms with Gasteiger partial charge in [-0.15, -0.1) is 0 Å². The number of halogens is 1. The molecule has 1 aromatic carbocycles. The molecule has 0 saturated carbocycles. The van der Waals surface area contributed by atoms with Crippen LogP contribution in [0.25, 0.3) is 5.69 Å². The summed E-state index contributed by atoms with van der Waals surface area (Å²) >= 11 is 6.09.